The van der Waals surface area contributed by atoms with Gasteiger partial charge in [-0.3, -0.25) is 4.79 Å². The summed E-state index contributed by atoms with van der Waals surface area (Å²) in [6.45, 7) is 0. The fourth-order valence-electron chi connectivity index (χ4n) is 1.90. The van der Waals surface area contributed by atoms with Crippen molar-refractivity contribution in [3.63, 3.8) is 0 Å². The first kappa shape index (κ1) is 14.9. The van der Waals surface area contributed by atoms with E-state index < -0.39 is 18.8 Å². The summed E-state index contributed by atoms with van der Waals surface area (Å²) in [6.07, 6.45) is 2.70. The van der Waals surface area contributed by atoms with E-state index in [2.05, 4.69) is 5.32 Å². The molecule has 1 aliphatic carbocycles. The van der Waals surface area contributed by atoms with Crippen LogP contribution in [0.1, 0.15) is 16.8 Å². The first-order valence-corrected chi connectivity index (χ1v) is 6.09. The van der Waals surface area contributed by atoms with Gasteiger partial charge in [-0.1, -0.05) is 12.1 Å². The Morgan fingerprint density at radius 2 is 2.00 bits per heavy atom. The maximum Gasteiger partial charge on any atom is 0.484 e. The summed E-state index contributed by atoms with van der Waals surface area (Å²) in [7, 11) is -1.75. The zero-order valence-electron chi connectivity index (χ0n) is 10.8. The van der Waals surface area contributed by atoms with Crippen LogP contribution in [0.25, 0.3) is 0 Å². The van der Waals surface area contributed by atoms with Crippen LogP contribution in [0.5, 0.6) is 0 Å². The van der Waals surface area contributed by atoms with Crippen LogP contribution in [0.15, 0.2) is 53.2 Å². The van der Waals surface area contributed by atoms with Gasteiger partial charge in [-0.2, -0.15) is 0 Å². The van der Waals surface area contributed by atoms with Gasteiger partial charge >= 0.3 is 7.12 Å². The summed E-state index contributed by atoms with van der Waals surface area (Å²) >= 11 is 0. The number of amides is 1. The van der Waals surface area contributed by atoms with Crippen molar-refractivity contribution < 1.29 is 24.0 Å². The highest BCUT2D eigenvalue weighted by molar-refractivity contribution is 6.51. The van der Waals surface area contributed by atoms with E-state index in [0.717, 1.165) is 6.07 Å². The molecule has 2 rings (SSSR count). The minimum atomic E-state index is -1.75. The van der Waals surface area contributed by atoms with Gasteiger partial charge in [0.15, 0.2) is 0 Å². The van der Waals surface area contributed by atoms with Crippen LogP contribution in [0, 0.1) is 5.82 Å². The fraction of sp³-hybridized carbons (Fsp3) is 0.0714. The predicted molar refractivity (Wildman–Crippen MR) is 74.0 cm³/mol. The number of carbonyl (C=O) groups excluding carboxylic acids is 2. The van der Waals surface area contributed by atoms with Crippen molar-refractivity contribution >= 4 is 19.0 Å². The van der Waals surface area contributed by atoms with Crippen molar-refractivity contribution in [2.75, 3.05) is 0 Å². The summed E-state index contributed by atoms with van der Waals surface area (Å²) in [5.74, 6) is 0.269. The molecule has 0 bridgehead atoms. The lowest BCUT2D eigenvalue weighted by molar-refractivity contribution is 0.0963. The Labute approximate surface area is 120 Å². The molecular weight excluding hydrogens is 276 g/mol. The van der Waals surface area contributed by atoms with Gasteiger partial charge in [0.25, 0.3) is 5.91 Å². The summed E-state index contributed by atoms with van der Waals surface area (Å²) in [5.41, 5.74) is 0.306. The van der Waals surface area contributed by atoms with E-state index in [0.29, 0.717) is 0 Å². The zero-order valence-corrected chi connectivity index (χ0v) is 10.8. The van der Waals surface area contributed by atoms with E-state index in [1.165, 1.54) is 30.4 Å². The third-order valence-corrected chi connectivity index (χ3v) is 2.90. The third kappa shape index (κ3) is 3.55. The van der Waals surface area contributed by atoms with Crippen LogP contribution in [0.3, 0.4) is 0 Å². The lowest BCUT2D eigenvalue weighted by atomic mass is 9.73. The summed E-state index contributed by atoms with van der Waals surface area (Å²) in [5, 5.41) is 20.7. The van der Waals surface area contributed by atoms with Crippen molar-refractivity contribution in [2.24, 2.45) is 0 Å². The highest BCUT2D eigenvalue weighted by Crippen LogP contribution is 2.20. The second kappa shape index (κ2) is 6.32. The third-order valence-electron chi connectivity index (χ3n) is 2.90. The number of benzene rings is 1. The second-order valence-electron chi connectivity index (χ2n) is 4.43. The minimum Gasteiger partial charge on any atom is -0.423 e. The Bertz CT molecular complexity index is 690. The first-order chi connectivity index (χ1) is 10.0. The van der Waals surface area contributed by atoms with Gasteiger partial charge in [0.1, 0.15) is 11.8 Å². The topological polar surface area (TPSA) is 86.6 Å². The molecule has 0 heterocycles. The molecule has 0 saturated carbocycles. The van der Waals surface area contributed by atoms with E-state index in [1.807, 2.05) is 0 Å². The maximum absolute atomic E-state index is 13.5. The van der Waals surface area contributed by atoms with Gasteiger partial charge in [0.2, 0.25) is 0 Å². The van der Waals surface area contributed by atoms with Crippen LogP contribution in [-0.4, -0.2) is 29.0 Å². The van der Waals surface area contributed by atoms with Gasteiger partial charge in [-0.25, -0.2) is 9.18 Å². The Hall–Kier alpha value is -2.47. The van der Waals surface area contributed by atoms with Crippen molar-refractivity contribution in [1.82, 2.24) is 5.32 Å². The Balaban J connectivity index is 2.26. The van der Waals surface area contributed by atoms with E-state index in [-0.39, 0.29) is 28.7 Å². The normalized spacial score (nSPS) is 14.0. The molecule has 0 spiro atoms. The molecule has 21 heavy (non-hydrogen) atoms. The molecule has 0 fully saturated rings. The van der Waals surface area contributed by atoms with Crippen LogP contribution < -0.4 is 5.32 Å². The second-order valence-corrected chi connectivity index (χ2v) is 4.43. The molecule has 3 N–H and O–H groups in total. The van der Waals surface area contributed by atoms with E-state index in [9.17, 15) is 14.0 Å². The van der Waals surface area contributed by atoms with Gasteiger partial charge in [0.05, 0.1) is 5.56 Å². The molecule has 106 valence electrons. The standard InChI is InChI=1S/C14H11BFNO4/c16-13-4-2-1-3-12(13)14(19)17-11-6-9(8-18)5-10(7-11)15(20)21/h1-4,6-7,20-21H,5H2,(H,17,19). The first-order valence-electron chi connectivity index (χ1n) is 6.09. The van der Waals surface area contributed by atoms with Gasteiger partial charge in [-0.05, 0) is 29.8 Å². The van der Waals surface area contributed by atoms with E-state index >= 15 is 0 Å². The SMILES string of the molecule is O=C=C1C=C(NC(=O)c2ccccc2F)C=C(B(O)O)C1. The Morgan fingerprint density at radius 1 is 1.29 bits per heavy atom. The molecule has 0 aliphatic heterocycles. The molecule has 1 amide bonds. The average Bonchev–Trinajstić information content (AvgIpc) is 2.47. The van der Waals surface area contributed by atoms with Crippen LogP contribution in [-0.2, 0) is 4.79 Å². The highest BCUT2D eigenvalue weighted by Gasteiger charge is 2.21. The molecule has 0 aromatic heterocycles. The number of nitrogens with one attached hydrogen (secondary N) is 1. The molecular formula is C14H11BFNO4. The molecule has 7 heteroatoms. The van der Waals surface area contributed by atoms with Crippen molar-refractivity contribution in [3.8, 4) is 0 Å². The largest absolute Gasteiger partial charge is 0.484 e. The van der Waals surface area contributed by atoms with Gasteiger partial charge in [-0.15, -0.1) is 0 Å². The number of carbonyl (C=O) groups is 1. The zero-order chi connectivity index (χ0) is 15.4. The highest BCUT2D eigenvalue weighted by atomic mass is 19.1. The van der Waals surface area contributed by atoms with Crippen LogP contribution in [0.4, 0.5) is 4.39 Å². The van der Waals surface area contributed by atoms with Crippen molar-refractivity contribution in [2.45, 2.75) is 6.42 Å². The molecule has 0 atom stereocenters. The predicted octanol–water partition coefficient (Wildman–Crippen LogP) is 0.539. The van der Waals surface area contributed by atoms with Crippen molar-refractivity contribution in [3.05, 3.63) is 64.5 Å². The number of rotatable bonds is 3. The number of hydrogen-bond donors (Lipinski definition) is 3. The summed E-state index contributed by atoms with van der Waals surface area (Å²) < 4.78 is 13.5. The van der Waals surface area contributed by atoms with E-state index in [4.69, 9.17) is 10.0 Å². The van der Waals surface area contributed by atoms with E-state index in [1.54, 1.807) is 5.94 Å². The van der Waals surface area contributed by atoms with Crippen LogP contribution in [0.2, 0.25) is 0 Å². The Kier molecular flexibility index (Phi) is 4.50. The monoisotopic (exact) mass is 287 g/mol. The molecule has 0 radical (unpaired) electrons. The lowest BCUT2D eigenvalue weighted by Crippen LogP contribution is -2.26. The molecule has 0 unspecified atom stereocenters. The number of halogens is 1. The molecule has 1 aromatic rings. The minimum absolute atomic E-state index is 0.0280. The fourth-order valence-corrected chi connectivity index (χ4v) is 1.90. The van der Waals surface area contributed by atoms with Crippen molar-refractivity contribution in [1.29, 1.82) is 0 Å². The van der Waals surface area contributed by atoms with Gasteiger partial charge < -0.3 is 15.4 Å². The summed E-state index contributed by atoms with van der Waals surface area (Å²) in [6, 6.07) is 5.44. The lowest BCUT2D eigenvalue weighted by Gasteiger charge is -2.15. The molecule has 5 nitrogen and oxygen atoms in total. The van der Waals surface area contributed by atoms with Gasteiger partial charge in [0, 0.05) is 17.7 Å². The molecule has 1 aromatic carbocycles. The number of allylic oxidation sites excluding steroid dienone is 4. The Morgan fingerprint density at radius 3 is 2.62 bits per heavy atom. The molecule has 0 saturated heterocycles. The smallest absolute Gasteiger partial charge is 0.423 e. The number of hydrogen-bond acceptors (Lipinski definition) is 4. The average molecular weight is 287 g/mol. The quantitative estimate of drug-likeness (QED) is 0.559. The summed E-state index contributed by atoms with van der Waals surface area (Å²) in [4.78, 5) is 22.7. The maximum atomic E-state index is 13.5. The molecule has 1 aliphatic rings. The van der Waals surface area contributed by atoms with Crippen LogP contribution >= 0.6 is 0 Å².